The second-order valence-electron chi connectivity index (χ2n) is 7.19. The van der Waals surface area contributed by atoms with Gasteiger partial charge < -0.3 is 14.8 Å². The molecule has 2 aromatic carbocycles. The Labute approximate surface area is 165 Å². The van der Waals surface area contributed by atoms with Gasteiger partial charge in [0.15, 0.2) is 0 Å². The van der Waals surface area contributed by atoms with Crippen LogP contribution in [0.3, 0.4) is 0 Å². The highest BCUT2D eigenvalue weighted by Crippen LogP contribution is 2.38. The zero-order valence-electron chi connectivity index (χ0n) is 15.9. The van der Waals surface area contributed by atoms with Crippen molar-refractivity contribution < 1.29 is 19.5 Å². The van der Waals surface area contributed by atoms with Gasteiger partial charge in [-0.2, -0.15) is 0 Å². The number of benzene rings is 2. The topological polar surface area (TPSA) is 77.5 Å². The van der Waals surface area contributed by atoms with Crippen LogP contribution < -0.4 is 5.11 Å². The van der Waals surface area contributed by atoms with Gasteiger partial charge in [-0.1, -0.05) is 67.6 Å². The average molecular weight is 378 g/mol. The number of ketones is 1. The highest BCUT2D eigenvalue weighted by molar-refractivity contribution is 6.43. The molecule has 1 amide bonds. The van der Waals surface area contributed by atoms with Crippen LogP contribution in [0.5, 0.6) is 0 Å². The highest BCUT2D eigenvalue weighted by atomic mass is 16.4. The van der Waals surface area contributed by atoms with Crippen LogP contribution in [0.25, 0.3) is 0 Å². The number of piperidine rings is 1. The molecule has 1 saturated heterocycles. The molecule has 5 nitrogen and oxygen atoms in total. The van der Waals surface area contributed by atoms with Gasteiger partial charge in [0.1, 0.15) is 0 Å². The molecule has 3 rings (SSSR count). The molecule has 5 heteroatoms. The lowest BCUT2D eigenvalue weighted by molar-refractivity contribution is -0.314. The normalized spacial score (nSPS) is 20.4. The largest absolute Gasteiger partial charge is 0.548 e. The van der Waals surface area contributed by atoms with Crippen LogP contribution in [0, 0.1) is 5.92 Å². The molecule has 0 spiro atoms. The number of hydrogen-bond acceptors (Lipinski definition) is 4. The maximum absolute atomic E-state index is 12.9. The minimum Gasteiger partial charge on any atom is -0.548 e. The van der Waals surface area contributed by atoms with Crippen LogP contribution >= 0.6 is 0 Å². The summed E-state index contributed by atoms with van der Waals surface area (Å²) in [6.07, 6.45) is 2.08. The lowest BCUT2D eigenvalue weighted by Gasteiger charge is -2.44. The summed E-state index contributed by atoms with van der Waals surface area (Å²) < 4.78 is 0. The van der Waals surface area contributed by atoms with Gasteiger partial charge in [0.25, 0.3) is 5.91 Å². The Balaban J connectivity index is 1.91. The van der Waals surface area contributed by atoms with Crippen LogP contribution in [0.1, 0.15) is 48.0 Å². The molecule has 0 bridgehead atoms. The molecule has 1 aliphatic rings. The molecule has 2 aromatic rings. The minimum atomic E-state index is -1.30. The van der Waals surface area contributed by atoms with E-state index < -0.39 is 23.7 Å². The van der Waals surface area contributed by atoms with Crippen molar-refractivity contribution in [2.24, 2.45) is 5.92 Å². The number of carboxylic acids is 1. The number of carbonyl (C=O) groups excluding carboxylic acids is 3. The Morgan fingerprint density at radius 2 is 1.64 bits per heavy atom. The molecule has 28 heavy (non-hydrogen) atoms. The summed E-state index contributed by atoms with van der Waals surface area (Å²) in [6.45, 7) is 2.26. The summed E-state index contributed by atoms with van der Waals surface area (Å²) in [4.78, 5) is 38.8. The van der Waals surface area contributed by atoms with Gasteiger partial charge in [-0.15, -0.1) is 0 Å². The summed E-state index contributed by atoms with van der Waals surface area (Å²) >= 11 is 0. The first-order valence-corrected chi connectivity index (χ1v) is 9.70. The molecule has 0 aliphatic carbocycles. The first-order valence-electron chi connectivity index (χ1n) is 9.70. The van der Waals surface area contributed by atoms with E-state index in [-0.39, 0.29) is 23.9 Å². The van der Waals surface area contributed by atoms with Crippen molar-refractivity contribution in [1.29, 1.82) is 0 Å². The fourth-order valence-corrected chi connectivity index (χ4v) is 4.31. The third kappa shape index (κ3) is 3.98. The summed E-state index contributed by atoms with van der Waals surface area (Å²) in [5.41, 5.74) is 1.31. The molecule has 0 radical (unpaired) electrons. The van der Waals surface area contributed by atoms with E-state index in [0.29, 0.717) is 12.8 Å². The smallest absolute Gasteiger partial charge is 0.295 e. The van der Waals surface area contributed by atoms with Gasteiger partial charge in [0.05, 0.1) is 12.0 Å². The van der Waals surface area contributed by atoms with Crippen molar-refractivity contribution in [2.75, 3.05) is 6.54 Å². The van der Waals surface area contributed by atoms with Crippen LogP contribution in [0.2, 0.25) is 0 Å². The standard InChI is InChI=1S/C23H25NO4/c1-2-18(16-10-5-3-6-11-16)19-14-9-15-24(20(19)23(27)28)22(26)21(25)17-12-7-4-8-13-17/h3-8,10-13,18-20H,2,9,14-15H2,1H3,(H,27,28)/p-1. The summed E-state index contributed by atoms with van der Waals surface area (Å²) in [5.74, 6) is -3.06. The third-order valence-corrected chi connectivity index (χ3v) is 5.59. The Kier molecular flexibility index (Phi) is 6.24. The van der Waals surface area contributed by atoms with Gasteiger partial charge >= 0.3 is 0 Å². The van der Waals surface area contributed by atoms with Crippen LogP contribution in [0.4, 0.5) is 0 Å². The number of Topliss-reactive ketones (excluding diaryl/α,β-unsaturated/α-hetero) is 1. The average Bonchev–Trinajstić information content (AvgIpc) is 2.74. The Morgan fingerprint density at radius 3 is 2.21 bits per heavy atom. The number of amides is 1. The molecular weight excluding hydrogens is 354 g/mol. The van der Waals surface area contributed by atoms with Crippen molar-refractivity contribution in [3.63, 3.8) is 0 Å². The van der Waals surface area contributed by atoms with Gasteiger partial charge in [-0.05, 0) is 36.7 Å². The van der Waals surface area contributed by atoms with E-state index in [1.165, 1.54) is 4.90 Å². The predicted molar refractivity (Wildman–Crippen MR) is 103 cm³/mol. The molecule has 1 aliphatic heterocycles. The monoisotopic (exact) mass is 378 g/mol. The van der Waals surface area contributed by atoms with Gasteiger partial charge in [0, 0.05) is 12.1 Å². The molecule has 0 N–H and O–H groups in total. The molecule has 1 heterocycles. The van der Waals surface area contributed by atoms with Crippen molar-refractivity contribution in [2.45, 2.75) is 38.1 Å². The minimum absolute atomic E-state index is 0.0217. The zero-order chi connectivity index (χ0) is 20.1. The molecule has 1 fully saturated rings. The first kappa shape index (κ1) is 19.8. The summed E-state index contributed by atoms with van der Waals surface area (Å²) in [6, 6.07) is 16.9. The molecular formula is C23H24NO4-. The lowest BCUT2D eigenvalue weighted by Crippen LogP contribution is -2.59. The third-order valence-electron chi connectivity index (χ3n) is 5.59. The first-order chi connectivity index (χ1) is 13.5. The van der Waals surface area contributed by atoms with E-state index >= 15 is 0 Å². The second-order valence-corrected chi connectivity index (χ2v) is 7.19. The summed E-state index contributed by atoms with van der Waals surface area (Å²) in [7, 11) is 0. The number of rotatable bonds is 6. The number of likely N-dealkylation sites (tertiary alicyclic amines) is 1. The lowest BCUT2D eigenvalue weighted by atomic mass is 9.74. The number of carbonyl (C=O) groups is 3. The van der Waals surface area contributed by atoms with Crippen molar-refractivity contribution in [1.82, 2.24) is 4.90 Å². The summed E-state index contributed by atoms with van der Waals surface area (Å²) in [5, 5.41) is 12.1. The fourth-order valence-electron chi connectivity index (χ4n) is 4.31. The maximum atomic E-state index is 12.9. The van der Waals surface area contributed by atoms with Gasteiger partial charge in [-0.25, -0.2) is 0 Å². The molecule has 3 atom stereocenters. The molecule has 146 valence electrons. The molecule has 0 aromatic heterocycles. The Hall–Kier alpha value is -2.95. The maximum Gasteiger partial charge on any atom is 0.295 e. The van der Waals surface area contributed by atoms with E-state index in [4.69, 9.17) is 0 Å². The number of nitrogens with zero attached hydrogens (tertiary/aromatic N) is 1. The van der Waals surface area contributed by atoms with E-state index in [1.54, 1.807) is 30.3 Å². The quantitative estimate of drug-likeness (QED) is 0.571. The van der Waals surface area contributed by atoms with E-state index in [1.807, 2.05) is 37.3 Å². The van der Waals surface area contributed by atoms with E-state index in [2.05, 4.69) is 0 Å². The Morgan fingerprint density at radius 1 is 1.04 bits per heavy atom. The van der Waals surface area contributed by atoms with Gasteiger partial charge in [0.2, 0.25) is 5.78 Å². The number of aliphatic carboxylic acids is 1. The molecule has 3 unspecified atom stereocenters. The molecule has 0 saturated carbocycles. The fraction of sp³-hybridized carbons (Fsp3) is 0.348. The number of carboxylic acid groups (broad SMARTS) is 1. The second kappa shape index (κ2) is 8.83. The van der Waals surface area contributed by atoms with E-state index in [9.17, 15) is 19.5 Å². The van der Waals surface area contributed by atoms with Crippen LogP contribution in [-0.4, -0.2) is 35.1 Å². The van der Waals surface area contributed by atoms with Crippen LogP contribution in [0.15, 0.2) is 60.7 Å². The van der Waals surface area contributed by atoms with E-state index in [0.717, 1.165) is 12.0 Å². The number of hydrogen-bond donors (Lipinski definition) is 0. The Bertz CT molecular complexity index is 834. The van der Waals surface area contributed by atoms with Crippen molar-refractivity contribution in [3.05, 3.63) is 71.8 Å². The SMILES string of the molecule is CCC(c1ccccc1)C1CCCN(C(=O)C(=O)c2ccccc2)C1C(=O)[O-]. The van der Waals surface area contributed by atoms with Crippen molar-refractivity contribution >= 4 is 17.7 Å². The van der Waals surface area contributed by atoms with Crippen LogP contribution in [-0.2, 0) is 9.59 Å². The van der Waals surface area contributed by atoms with Gasteiger partial charge in [-0.3, -0.25) is 9.59 Å². The zero-order valence-corrected chi connectivity index (χ0v) is 15.9. The van der Waals surface area contributed by atoms with Crippen molar-refractivity contribution in [3.8, 4) is 0 Å². The highest BCUT2D eigenvalue weighted by Gasteiger charge is 2.41. The predicted octanol–water partition coefficient (Wildman–Crippen LogP) is 2.42.